The van der Waals surface area contributed by atoms with E-state index >= 15 is 0 Å². The summed E-state index contributed by atoms with van der Waals surface area (Å²) in [6, 6.07) is 7.63. The molecular weight excluding hydrogens is 356 g/mol. The van der Waals surface area contributed by atoms with Crippen molar-refractivity contribution in [3.8, 4) is 0 Å². The van der Waals surface area contributed by atoms with Crippen LogP contribution in [0.4, 0.5) is 0 Å². The first-order valence-corrected chi connectivity index (χ1v) is 9.65. The summed E-state index contributed by atoms with van der Waals surface area (Å²) in [4.78, 5) is 17.4. The fourth-order valence-corrected chi connectivity index (χ4v) is 4.98. The number of hydrogen-bond acceptors (Lipinski definition) is 4. The Hall–Kier alpha value is -1.72. The Morgan fingerprint density at radius 3 is 3.00 bits per heavy atom. The van der Waals surface area contributed by atoms with Gasteiger partial charge in [-0.25, -0.2) is 0 Å². The van der Waals surface area contributed by atoms with Crippen molar-refractivity contribution in [3.05, 3.63) is 57.5 Å². The molecule has 6 heteroatoms. The van der Waals surface area contributed by atoms with Crippen LogP contribution in [0.25, 0.3) is 0 Å². The highest BCUT2D eigenvalue weighted by Crippen LogP contribution is 2.47. The molecule has 2 aliphatic rings. The normalized spacial score (nSPS) is 21.5. The minimum atomic E-state index is -0.199. The van der Waals surface area contributed by atoms with Crippen LogP contribution in [-0.2, 0) is 13.0 Å². The third-order valence-corrected chi connectivity index (χ3v) is 6.43. The molecular formula is C19H19ClN2O2S. The van der Waals surface area contributed by atoms with Gasteiger partial charge in [-0.1, -0.05) is 29.8 Å². The van der Waals surface area contributed by atoms with E-state index in [1.54, 1.807) is 0 Å². The van der Waals surface area contributed by atoms with Gasteiger partial charge in [0.1, 0.15) is 5.76 Å². The smallest absolute Gasteiger partial charge is 0.287 e. The van der Waals surface area contributed by atoms with Gasteiger partial charge in [0, 0.05) is 34.4 Å². The molecule has 0 unspecified atom stereocenters. The Balaban J connectivity index is 1.57. The summed E-state index contributed by atoms with van der Waals surface area (Å²) in [7, 11) is 0. The van der Waals surface area contributed by atoms with Crippen LogP contribution >= 0.6 is 23.4 Å². The maximum absolute atomic E-state index is 12.6. The molecule has 1 aliphatic carbocycles. The summed E-state index contributed by atoms with van der Waals surface area (Å²) in [6.45, 7) is 4.39. The lowest BCUT2D eigenvalue weighted by Crippen LogP contribution is -2.23. The summed E-state index contributed by atoms with van der Waals surface area (Å²) in [6.07, 6.45) is 1.90. The molecule has 4 rings (SSSR count). The van der Waals surface area contributed by atoms with Gasteiger partial charge in [0.25, 0.3) is 5.91 Å². The molecule has 1 N–H and O–H groups in total. The summed E-state index contributed by atoms with van der Waals surface area (Å²) >= 11 is 7.99. The van der Waals surface area contributed by atoms with Crippen molar-refractivity contribution in [2.24, 2.45) is 4.99 Å². The first kappa shape index (κ1) is 16.7. The van der Waals surface area contributed by atoms with Crippen molar-refractivity contribution in [3.63, 3.8) is 0 Å². The maximum atomic E-state index is 12.6. The molecule has 2 heterocycles. The average molecular weight is 375 g/mol. The molecule has 1 amide bonds. The standard InChI is InChI=1S/C19H19ClN2O2S/c1-10-16-14(7-8-15-17(16)22-11(2)25-15)24-18(10)19(23)21-9-12-5-3-4-6-13(12)20/h3-6,15,17H,7-9H2,1-2H3,(H,21,23)/t15-,17+/m1/s1. The van der Waals surface area contributed by atoms with Crippen LogP contribution in [0.3, 0.4) is 0 Å². The van der Waals surface area contributed by atoms with Crippen molar-refractivity contribution < 1.29 is 9.21 Å². The average Bonchev–Trinajstić information content (AvgIpc) is 3.13. The van der Waals surface area contributed by atoms with Crippen LogP contribution in [0.2, 0.25) is 5.02 Å². The van der Waals surface area contributed by atoms with E-state index in [1.807, 2.05) is 43.0 Å². The lowest BCUT2D eigenvalue weighted by molar-refractivity contribution is 0.0920. The number of aryl methyl sites for hydroxylation is 1. The Kier molecular flexibility index (Phi) is 4.38. The molecule has 0 saturated heterocycles. The summed E-state index contributed by atoms with van der Waals surface area (Å²) < 4.78 is 5.94. The molecule has 0 radical (unpaired) electrons. The number of carbonyl (C=O) groups is 1. The number of carbonyl (C=O) groups excluding carboxylic acids is 1. The number of amides is 1. The van der Waals surface area contributed by atoms with E-state index in [1.165, 1.54) is 0 Å². The van der Waals surface area contributed by atoms with Crippen LogP contribution < -0.4 is 5.32 Å². The largest absolute Gasteiger partial charge is 0.455 e. The Labute approximate surface area is 156 Å². The zero-order chi connectivity index (χ0) is 17.6. The molecule has 130 valence electrons. The number of benzene rings is 1. The second-order valence-electron chi connectivity index (χ2n) is 6.46. The van der Waals surface area contributed by atoms with Gasteiger partial charge in [-0.3, -0.25) is 9.79 Å². The predicted octanol–water partition coefficient (Wildman–Crippen LogP) is 4.69. The first-order valence-electron chi connectivity index (χ1n) is 8.39. The SMILES string of the molecule is CC1=N[C@@H]2c3c(oc(C(=O)NCc4ccccc4Cl)c3C)CC[C@H]2S1. The number of halogens is 1. The van der Waals surface area contributed by atoms with Gasteiger partial charge in [-0.15, -0.1) is 11.8 Å². The summed E-state index contributed by atoms with van der Waals surface area (Å²) in [5, 5.41) is 5.16. The zero-order valence-corrected chi connectivity index (χ0v) is 15.7. The number of thioether (sulfide) groups is 1. The van der Waals surface area contributed by atoms with E-state index in [0.29, 0.717) is 22.6 Å². The fraction of sp³-hybridized carbons (Fsp3) is 0.368. The number of furan rings is 1. The van der Waals surface area contributed by atoms with E-state index in [-0.39, 0.29) is 11.9 Å². The second kappa shape index (κ2) is 6.54. The van der Waals surface area contributed by atoms with Crippen molar-refractivity contribution >= 4 is 34.3 Å². The number of nitrogens with zero attached hydrogens (tertiary/aromatic N) is 1. The number of rotatable bonds is 3. The second-order valence-corrected chi connectivity index (χ2v) is 8.29. The van der Waals surface area contributed by atoms with Crippen molar-refractivity contribution in [1.82, 2.24) is 5.32 Å². The van der Waals surface area contributed by atoms with Crippen molar-refractivity contribution in [1.29, 1.82) is 0 Å². The molecule has 1 aliphatic heterocycles. The number of hydrogen-bond donors (Lipinski definition) is 1. The molecule has 2 atom stereocenters. The molecule has 0 bridgehead atoms. The Bertz CT molecular complexity index is 874. The number of nitrogens with one attached hydrogen (secondary N) is 1. The highest BCUT2D eigenvalue weighted by molar-refractivity contribution is 8.14. The van der Waals surface area contributed by atoms with Crippen molar-refractivity contribution in [2.75, 3.05) is 0 Å². The third kappa shape index (κ3) is 3.00. The van der Waals surface area contributed by atoms with Gasteiger partial charge >= 0.3 is 0 Å². The number of aliphatic imine (C=N–C) groups is 1. The van der Waals surface area contributed by atoms with Gasteiger partial charge in [-0.2, -0.15) is 0 Å². The van der Waals surface area contributed by atoms with E-state index in [2.05, 4.69) is 12.2 Å². The van der Waals surface area contributed by atoms with E-state index in [4.69, 9.17) is 21.0 Å². The van der Waals surface area contributed by atoms with Gasteiger partial charge in [0.15, 0.2) is 5.76 Å². The topological polar surface area (TPSA) is 54.6 Å². The molecule has 0 fully saturated rings. The highest BCUT2D eigenvalue weighted by atomic mass is 35.5. The van der Waals surface area contributed by atoms with Gasteiger partial charge in [0.2, 0.25) is 0 Å². The van der Waals surface area contributed by atoms with E-state index in [9.17, 15) is 4.79 Å². The van der Waals surface area contributed by atoms with E-state index < -0.39 is 0 Å². The molecule has 1 aromatic carbocycles. The lowest BCUT2D eigenvalue weighted by Gasteiger charge is -2.22. The van der Waals surface area contributed by atoms with Crippen LogP contribution in [0.5, 0.6) is 0 Å². The molecule has 0 saturated carbocycles. The quantitative estimate of drug-likeness (QED) is 0.847. The molecule has 4 nitrogen and oxygen atoms in total. The fourth-order valence-electron chi connectivity index (χ4n) is 3.61. The Morgan fingerprint density at radius 1 is 1.40 bits per heavy atom. The van der Waals surface area contributed by atoms with Crippen LogP contribution in [0.1, 0.15) is 52.4 Å². The van der Waals surface area contributed by atoms with Gasteiger partial charge in [-0.05, 0) is 31.9 Å². The molecule has 0 spiro atoms. The minimum Gasteiger partial charge on any atom is -0.455 e. The Morgan fingerprint density at radius 2 is 2.20 bits per heavy atom. The van der Waals surface area contributed by atoms with Gasteiger partial charge < -0.3 is 9.73 Å². The third-order valence-electron chi connectivity index (χ3n) is 4.82. The predicted molar refractivity (Wildman–Crippen MR) is 102 cm³/mol. The monoisotopic (exact) mass is 374 g/mol. The minimum absolute atomic E-state index is 0.127. The van der Waals surface area contributed by atoms with Crippen LogP contribution in [0, 0.1) is 6.92 Å². The van der Waals surface area contributed by atoms with Gasteiger partial charge in [0.05, 0.1) is 11.1 Å². The molecule has 2 aromatic rings. The van der Waals surface area contributed by atoms with E-state index in [0.717, 1.165) is 40.3 Å². The summed E-state index contributed by atoms with van der Waals surface area (Å²) in [5.41, 5.74) is 2.92. The first-order chi connectivity index (χ1) is 12.0. The molecule has 1 aromatic heterocycles. The van der Waals surface area contributed by atoms with Crippen molar-refractivity contribution in [2.45, 2.75) is 44.5 Å². The maximum Gasteiger partial charge on any atom is 0.287 e. The van der Waals surface area contributed by atoms with Crippen LogP contribution in [-0.4, -0.2) is 16.2 Å². The van der Waals surface area contributed by atoms with Crippen LogP contribution in [0.15, 0.2) is 33.7 Å². The lowest BCUT2D eigenvalue weighted by atomic mass is 9.90. The molecule has 25 heavy (non-hydrogen) atoms. The summed E-state index contributed by atoms with van der Waals surface area (Å²) in [5.74, 6) is 1.12. The number of fused-ring (bicyclic) bond motifs is 3. The highest BCUT2D eigenvalue weighted by Gasteiger charge is 2.39. The zero-order valence-electron chi connectivity index (χ0n) is 14.1.